The van der Waals surface area contributed by atoms with Gasteiger partial charge in [0.2, 0.25) is 0 Å². The zero-order valence-electron chi connectivity index (χ0n) is 6.54. The van der Waals surface area contributed by atoms with Crippen LogP contribution in [-0.4, -0.2) is 17.6 Å². The number of fused-ring (bicyclic) bond motifs is 1. The SMILES string of the molecule is [B]C1=Cc2cnn(C)c2CC1. The van der Waals surface area contributed by atoms with Gasteiger partial charge in [-0.1, -0.05) is 6.08 Å². The second kappa shape index (κ2) is 2.26. The molecule has 0 saturated carbocycles. The second-order valence-electron chi connectivity index (χ2n) is 2.89. The lowest BCUT2D eigenvalue weighted by Crippen LogP contribution is -2.03. The maximum atomic E-state index is 5.68. The smallest absolute Gasteiger partial charge is 0.107 e. The molecule has 54 valence electrons. The number of hydrogen-bond acceptors (Lipinski definition) is 1. The molecule has 1 aromatic rings. The number of nitrogens with zero attached hydrogens (tertiary/aromatic N) is 2. The molecule has 1 aliphatic rings. The molecule has 0 atom stereocenters. The molecule has 2 radical (unpaired) electrons. The third-order valence-electron chi connectivity index (χ3n) is 2.09. The van der Waals surface area contributed by atoms with E-state index in [9.17, 15) is 0 Å². The Morgan fingerprint density at radius 3 is 3.18 bits per heavy atom. The fraction of sp³-hybridized carbons (Fsp3) is 0.375. The van der Waals surface area contributed by atoms with Gasteiger partial charge in [0.1, 0.15) is 7.85 Å². The van der Waals surface area contributed by atoms with Gasteiger partial charge in [0.25, 0.3) is 0 Å². The van der Waals surface area contributed by atoms with Gasteiger partial charge in [-0.2, -0.15) is 5.10 Å². The standard InChI is InChI=1S/C8H9BN2/c1-11-8-3-2-7(9)4-6(8)5-10-11/h4-5H,2-3H2,1H3. The summed E-state index contributed by atoms with van der Waals surface area (Å²) in [6, 6.07) is 0. The highest BCUT2D eigenvalue weighted by Crippen LogP contribution is 2.20. The lowest BCUT2D eigenvalue weighted by Gasteiger charge is -2.10. The van der Waals surface area contributed by atoms with E-state index in [4.69, 9.17) is 7.85 Å². The Balaban J connectivity index is 2.53. The van der Waals surface area contributed by atoms with E-state index in [1.54, 1.807) is 0 Å². The second-order valence-corrected chi connectivity index (χ2v) is 2.89. The first-order chi connectivity index (χ1) is 5.27. The first-order valence-electron chi connectivity index (χ1n) is 3.74. The lowest BCUT2D eigenvalue weighted by molar-refractivity contribution is 0.703. The summed E-state index contributed by atoms with van der Waals surface area (Å²) in [6.45, 7) is 0. The molecule has 2 nitrogen and oxygen atoms in total. The van der Waals surface area contributed by atoms with E-state index in [1.165, 1.54) is 11.3 Å². The van der Waals surface area contributed by atoms with Crippen molar-refractivity contribution in [3.05, 3.63) is 22.9 Å². The number of aryl methyl sites for hydroxylation is 1. The summed E-state index contributed by atoms with van der Waals surface area (Å²) in [7, 11) is 7.65. The highest BCUT2D eigenvalue weighted by molar-refractivity contribution is 6.24. The molecule has 0 saturated heterocycles. The maximum absolute atomic E-state index is 5.68. The van der Waals surface area contributed by atoms with Crippen molar-refractivity contribution in [1.82, 2.24) is 9.78 Å². The van der Waals surface area contributed by atoms with E-state index >= 15 is 0 Å². The van der Waals surface area contributed by atoms with Gasteiger partial charge in [0.15, 0.2) is 0 Å². The predicted molar refractivity (Wildman–Crippen MR) is 45.3 cm³/mol. The van der Waals surface area contributed by atoms with Crippen molar-refractivity contribution in [3.8, 4) is 0 Å². The van der Waals surface area contributed by atoms with Gasteiger partial charge >= 0.3 is 0 Å². The van der Waals surface area contributed by atoms with E-state index < -0.39 is 0 Å². The minimum Gasteiger partial charge on any atom is -0.272 e. The molecule has 0 amide bonds. The predicted octanol–water partition coefficient (Wildman–Crippen LogP) is 0.876. The first-order valence-corrected chi connectivity index (χ1v) is 3.74. The van der Waals surface area contributed by atoms with E-state index in [-0.39, 0.29) is 0 Å². The molecule has 0 bridgehead atoms. The monoisotopic (exact) mass is 144 g/mol. The minimum absolute atomic E-state index is 0.963. The minimum atomic E-state index is 0.963. The molecular weight excluding hydrogens is 135 g/mol. The van der Waals surface area contributed by atoms with Crippen molar-refractivity contribution >= 4 is 13.9 Å². The number of allylic oxidation sites excluding steroid dienone is 1. The summed E-state index contributed by atoms with van der Waals surface area (Å²) in [5, 5.41) is 4.15. The Morgan fingerprint density at radius 2 is 2.36 bits per heavy atom. The third kappa shape index (κ3) is 1.00. The van der Waals surface area contributed by atoms with Crippen LogP contribution >= 0.6 is 0 Å². The summed E-state index contributed by atoms with van der Waals surface area (Å²) in [4.78, 5) is 0. The van der Waals surface area contributed by atoms with Crippen LogP contribution in [0.5, 0.6) is 0 Å². The van der Waals surface area contributed by atoms with Crippen molar-refractivity contribution in [2.24, 2.45) is 7.05 Å². The maximum Gasteiger partial charge on any atom is 0.107 e. The van der Waals surface area contributed by atoms with Gasteiger partial charge in [0, 0.05) is 18.3 Å². The summed E-state index contributed by atoms with van der Waals surface area (Å²) in [6.07, 6.45) is 5.86. The normalized spacial score (nSPS) is 15.9. The number of aromatic nitrogens is 2. The molecule has 1 aromatic heterocycles. The summed E-state index contributed by atoms with van der Waals surface area (Å²) in [5.41, 5.74) is 3.43. The molecule has 0 aromatic carbocycles. The highest BCUT2D eigenvalue weighted by Gasteiger charge is 2.10. The molecule has 1 heterocycles. The van der Waals surface area contributed by atoms with Gasteiger partial charge in [-0.15, -0.1) is 5.47 Å². The Morgan fingerprint density at radius 1 is 1.55 bits per heavy atom. The zero-order valence-corrected chi connectivity index (χ0v) is 6.54. The van der Waals surface area contributed by atoms with Gasteiger partial charge in [0.05, 0.1) is 6.20 Å². The van der Waals surface area contributed by atoms with E-state index in [2.05, 4.69) is 5.10 Å². The van der Waals surface area contributed by atoms with Gasteiger partial charge in [-0.3, -0.25) is 4.68 Å². The molecule has 1 aliphatic carbocycles. The van der Waals surface area contributed by atoms with Gasteiger partial charge in [-0.05, 0) is 12.8 Å². The fourth-order valence-corrected chi connectivity index (χ4v) is 1.44. The lowest BCUT2D eigenvalue weighted by atomic mass is 9.85. The van der Waals surface area contributed by atoms with Crippen LogP contribution in [0.2, 0.25) is 0 Å². The quantitative estimate of drug-likeness (QED) is 0.494. The third-order valence-corrected chi connectivity index (χ3v) is 2.09. The Labute approximate surface area is 67.3 Å². The zero-order chi connectivity index (χ0) is 7.84. The average molecular weight is 144 g/mol. The molecule has 0 spiro atoms. The number of rotatable bonds is 0. The van der Waals surface area contributed by atoms with Crippen LogP contribution in [0.25, 0.3) is 6.08 Å². The van der Waals surface area contributed by atoms with Crippen LogP contribution in [0.4, 0.5) is 0 Å². The van der Waals surface area contributed by atoms with Crippen molar-refractivity contribution in [2.75, 3.05) is 0 Å². The summed E-state index contributed by atoms with van der Waals surface area (Å²) < 4.78 is 1.91. The highest BCUT2D eigenvalue weighted by atomic mass is 15.3. The molecule has 0 N–H and O–H groups in total. The van der Waals surface area contributed by atoms with Crippen molar-refractivity contribution < 1.29 is 0 Å². The summed E-state index contributed by atoms with van der Waals surface area (Å²) in [5.74, 6) is 0. The van der Waals surface area contributed by atoms with Crippen molar-refractivity contribution in [3.63, 3.8) is 0 Å². The van der Waals surface area contributed by atoms with Crippen LogP contribution in [0.1, 0.15) is 17.7 Å². The van der Waals surface area contributed by atoms with Gasteiger partial charge < -0.3 is 0 Å². The Kier molecular flexibility index (Phi) is 1.38. The molecule has 0 aliphatic heterocycles. The van der Waals surface area contributed by atoms with E-state index in [0.717, 1.165) is 18.3 Å². The molecule has 0 unspecified atom stereocenters. The topological polar surface area (TPSA) is 17.8 Å². The van der Waals surface area contributed by atoms with E-state index in [1.807, 2.05) is 24.0 Å². The number of hydrogen-bond donors (Lipinski definition) is 0. The average Bonchev–Trinajstić information content (AvgIpc) is 2.32. The largest absolute Gasteiger partial charge is 0.272 e. The first kappa shape index (κ1) is 6.71. The molecule has 2 rings (SSSR count). The van der Waals surface area contributed by atoms with Crippen LogP contribution in [0.3, 0.4) is 0 Å². The van der Waals surface area contributed by atoms with E-state index in [0.29, 0.717) is 0 Å². The fourth-order valence-electron chi connectivity index (χ4n) is 1.44. The van der Waals surface area contributed by atoms with Crippen molar-refractivity contribution in [1.29, 1.82) is 0 Å². The van der Waals surface area contributed by atoms with Crippen LogP contribution < -0.4 is 0 Å². The molecule has 0 fully saturated rings. The summed E-state index contributed by atoms with van der Waals surface area (Å²) >= 11 is 0. The van der Waals surface area contributed by atoms with Crippen LogP contribution in [0.15, 0.2) is 11.7 Å². The Hall–Kier alpha value is -0.985. The Bertz CT molecular complexity index is 312. The van der Waals surface area contributed by atoms with Crippen LogP contribution in [0, 0.1) is 0 Å². The van der Waals surface area contributed by atoms with Crippen LogP contribution in [-0.2, 0) is 13.5 Å². The van der Waals surface area contributed by atoms with Crippen molar-refractivity contribution in [2.45, 2.75) is 12.8 Å². The molecule has 11 heavy (non-hydrogen) atoms. The molecule has 3 heteroatoms. The molecular formula is C8H9BN2. The van der Waals surface area contributed by atoms with Gasteiger partial charge in [-0.25, -0.2) is 0 Å².